The molecule has 7 heteroatoms. The van der Waals surface area contributed by atoms with Gasteiger partial charge in [-0.1, -0.05) is 25.1 Å². The van der Waals surface area contributed by atoms with Gasteiger partial charge in [-0.15, -0.1) is 0 Å². The van der Waals surface area contributed by atoms with Gasteiger partial charge in [0, 0.05) is 28.2 Å². The smallest absolute Gasteiger partial charge is 0.325 e. The number of carbonyl (C=O) groups excluding carboxylic acids is 3. The molecular formula is C21H19FN2O4. The molecule has 28 heavy (non-hydrogen) atoms. The molecule has 2 aromatic carbocycles. The van der Waals surface area contributed by atoms with Crippen molar-refractivity contribution >= 4 is 28.6 Å². The SMILES string of the molecule is CCc1cccc2c(C(=O)COC(=O)CNC(=O)c3ccc(F)cc3)c[nH]c12. The summed E-state index contributed by atoms with van der Waals surface area (Å²) in [5.74, 6) is -2.07. The highest BCUT2D eigenvalue weighted by Gasteiger charge is 2.16. The van der Waals surface area contributed by atoms with Crippen molar-refractivity contribution in [2.24, 2.45) is 0 Å². The van der Waals surface area contributed by atoms with Crippen molar-refractivity contribution < 1.29 is 23.5 Å². The number of amides is 1. The molecular weight excluding hydrogens is 363 g/mol. The average molecular weight is 382 g/mol. The van der Waals surface area contributed by atoms with E-state index in [2.05, 4.69) is 10.3 Å². The van der Waals surface area contributed by atoms with E-state index in [-0.39, 0.29) is 11.3 Å². The first-order valence-corrected chi connectivity index (χ1v) is 8.81. The molecule has 2 N–H and O–H groups in total. The van der Waals surface area contributed by atoms with Crippen LogP contribution in [-0.4, -0.2) is 35.8 Å². The fraction of sp³-hybridized carbons (Fsp3) is 0.190. The van der Waals surface area contributed by atoms with Crippen LogP contribution in [0.4, 0.5) is 4.39 Å². The summed E-state index contributed by atoms with van der Waals surface area (Å²) in [5, 5.41) is 3.15. The summed E-state index contributed by atoms with van der Waals surface area (Å²) in [6.07, 6.45) is 2.44. The lowest BCUT2D eigenvalue weighted by atomic mass is 10.1. The molecule has 144 valence electrons. The van der Waals surface area contributed by atoms with Gasteiger partial charge in [0.1, 0.15) is 12.4 Å². The highest BCUT2D eigenvalue weighted by Crippen LogP contribution is 2.22. The highest BCUT2D eigenvalue weighted by molar-refractivity contribution is 6.09. The van der Waals surface area contributed by atoms with Crippen molar-refractivity contribution in [3.63, 3.8) is 0 Å². The number of halogens is 1. The summed E-state index contributed by atoms with van der Waals surface area (Å²) in [7, 11) is 0. The predicted octanol–water partition coefficient (Wildman–Crippen LogP) is 3.03. The maximum atomic E-state index is 12.9. The number of ether oxygens (including phenoxy) is 1. The number of rotatable bonds is 7. The minimum atomic E-state index is -0.738. The normalized spacial score (nSPS) is 10.6. The molecule has 1 amide bonds. The van der Waals surface area contributed by atoms with Gasteiger partial charge in [0.15, 0.2) is 6.61 Å². The summed E-state index contributed by atoms with van der Waals surface area (Å²) in [5.41, 5.74) is 2.66. The van der Waals surface area contributed by atoms with Crippen molar-refractivity contribution in [2.45, 2.75) is 13.3 Å². The number of hydrogen-bond acceptors (Lipinski definition) is 4. The number of aromatic amines is 1. The largest absolute Gasteiger partial charge is 0.456 e. The standard InChI is InChI=1S/C21H19FN2O4/c1-2-13-4-3-5-16-17(10-23-20(13)16)18(25)12-28-19(26)11-24-21(27)14-6-8-15(22)9-7-14/h3-10,23H,2,11-12H2,1H3,(H,24,27). The maximum absolute atomic E-state index is 12.9. The highest BCUT2D eigenvalue weighted by atomic mass is 19.1. The lowest BCUT2D eigenvalue weighted by molar-refractivity contribution is -0.141. The monoisotopic (exact) mass is 382 g/mol. The second-order valence-corrected chi connectivity index (χ2v) is 6.17. The third-order valence-electron chi connectivity index (χ3n) is 4.35. The van der Waals surface area contributed by atoms with Crippen LogP contribution >= 0.6 is 0 Å². The minimum Gasteiger partial charge on any atom is -0.456 e. The Morgan fingerprint density at radius 3 is 2.57 bits per heavy atom. The number of benzene rings is 2. The number of ketones is 1. The third kappa shape index (κ3) is 4.25. The lowest BCUT2D eigenvalue weighted by Gasteiger charge is -2.06. The van der Waals surface area contributed by atoms with Crippen LogP contribution in [0.3, 0.4) is 0 Å². The van der Waals surface area contributed by atoms with Crippen LogP contribution < -0.4 is 5.32 Å². The van der Waals surface area contributed by atoms with Crippen molar-refractivity contribution in [3.05, 3.63) is 71.2 Å². The minimum absolute atomic E-state index is 0.218. The summed E-state index contributed by atoms with van der Waals surface area (Å²) in [6.45, 7) is 1.21. The Morgan fingerprint density at radius 1 is 1.11 bits per heavy atom. The Hall–Kier alpha value is -3.48. The molecule has 6 nitrogen and oxygen atoms in total. The lowest BCUT2D eigenvalue weighted by Crippen LogP contribution is -2.31. The number of fused-ring (bicyclic) bond motifs is 1. The molecule has 1 heterocycles. The van der Waals surface area contributed by atoms with E-state index in [1.165, 1.54) is 12.1 Å². The Kier molecular flexibility index (Phi) is 5.84. The molecule has 0 spiro atoms. The number of H-pyrrole nitrogens is 1. The first-order valence-electron chi connectivity index (χ1n) is 8.81. The van der Waals surface area contributed by atoms with E-state index in [1.54, 1.807) is 6.20 Å². The second kappa shape index (κ2) is 8.47. The third-order valence-corrected chi connectivity index (χ3v) is 4.35. The Balaban J connectivity index is 1.54. The van der Waals surface area contributed by atoms with Gasteiger partial charge in [-0.25, -0.2) is 4.39 Å². The molecule has 0 unspecified atom stereocenters. The molecule has 0 aliphatic rings. The van der Waals surface area contributed by atoms with Gasteiger partial charge in [-0.2, -0.15) is 0 Å². The summed E-state index contributed by atoms with van der Waals surface area (Å²) in [4.78, 5) is 39.2. The molecule has 1 aromatic heterocycles. The van der Waals surface area contributed by atoms with Crippen LogP contribution in [-0.2, 0) is 16.0 Å². The molecule has 0 saturated carbocycles. The molecule has 3 aromatic rings. The Labute approximate surface area is 160 Å². The number of nitrogens with one attached hydrogen (secondary N) is 2. The van der Waals surface area contributed by atoms with Crippen LogP contribution in [0, 0.1) is 5.82 Å². The van der Waals surface area contributed by atoms with Gasteiger partial charge in [0.2, 0.25) is 5.78 Å². The van der Waals surface area contributed by atoms with Crippen LogP contribution in [0.15, 0.2) is 48.7 Å². The number of Topliss-reactive ketones (excluding diaryl/α,β-unsaturated/α-hetero) is 1. The Bertz CT molecular complexity index is 1020. The van der Waals surface area contributed by atoms with E-state index < -0.39 is 30.8 Å². The van der Waals surface area contributed by atoms with Crippen molar-refractivity contribution in [1.29, 1.82) is 0 Å². The van der Waals surface area contributed by atoms with Gasteiger partial charge >= 0.3 is 5.97 Å². The molecule has 0 fully saturated rings. The van der Waals surface area contributed by atoms with E-state index in [0.29, 0.717) is 5.56 Å². The number of para-hydroxylation sites is 1. The first kappa shape index (κ1) is 19.3. The zero-order valence-electron chi connectivity index (χ0n) is 15.3. The van der Waals surface area contributed by atoms with Gasteiger partial charge in [-0.05, 0) is 36.2 Å². The fourth-order valence-electron chi connectivity index (χ4n) is 2.87. The molecule has 0 aliphatic carbocycles. The van der Waals surface area contributed by atoms with Crippen LogP contribution in [0.5, 0.6) is 0 Å². The Morgan fingerprint density at radius 2 is 1.86 bits per heavy atom. The quantitative estimate of drug-likeness (QED) is 0.486. The van der Waals surface area contributed by atoms with E-state index in [4.69, 9.17) is 4.74 Å². The van der Waals surface area contributed by atoms with E-state index in [9.17, 15) is 18.8 Å². The van der Waals surface area contributed by atoms with E-state index in [0.717, 1.165) is 35.0 Å². The van der Waals surface area contributed by atoms with Gasteiger partial charge < -0.3 is 15.0 Å². The second-order valence-electron chi connectivity index (χ2n) is 6.17. The zero-order valence-corrected chi connectivity index (χ0v) is 15.3. The molecule has 0 bridgehead atoms. The van der Waals surface area contributed by atoms with Crippen molar-refractivity contribution in [1.82, 2.24) is 10.3 Å². The van der Waals surface area contributed by atoms with Gasteiger partial charge in [0.25, 0.3) is 5.91 Å². The number of hydrogen-bond donors (Lipinski definition) is 2. The first-order chi connectivity index (χ1) is 13.5. The summed E-state index contributed by atoms with van der Waals surface area (Å²) in [6, 6.07) is 10.6. The molecule has 3 rings (SSSR count). The number of carbonyl (C=O) groups is 3. The van der Waals surface area contributed by atoms with E-state index >= 15 is 0 Å². The zero-order chi connectivity index (χ0) is 20.1. The van der Waals surface area contributed by atoms with Crippen LogP contribution in [0.1, 0.15) is 33.2 Å². The van der Waals surface area contributed by atoms with E-state index in [1.807, 2.05) is 25.1 Å². The number of aryl methyl sites for hydroxylation is 1. The number of aromatic nitrogens is 1. The molecule has 0 radical (unpaired) electrons. The van der Waals surface area contributed by atoms with Crippen molar-refractivity contribution in [3.8, 4) is 0 Å². The number of esters is 1. The van der Waals surface area contributed by atoms with Gasteiger partial charge in [0.05, 0.1) is 0 Å². The molecule has 0 saturated heterocycles. The summed E-state index contributed by atoms with van der Waals surface area (Å²) < 4.78 is 17.8. The van der Waals surface area contributed by atoms with Crippen molar-refractivity contribution in [2.75, 3.05) is 13.2 Å². The summed E-state index contributed by atoms with van der Waals surface area (Å²) >= 11 is 0. The van der Waals surface area contributed by atoms with Gasteiger partial charge in [-0.3, -0.25) is 14.4 Å². The molecule has 0 atom stereocenters. The maximum Gasteiger partial charge on any atom is 0.325 e. The predicted molar refractivity (Wildman–Crippen MR) is 102 cm³/mol. The topological polar surface area (TPSA) is 88.3 Å². The average Bonchev–Trinajstić information content (AvgIpc) is 3.15. The fourth-order valence-corrected chi connectivity index (χ4v) is 2.87. The van der Waals surface area contributed by atoms with Crippen LogP contribution in [0.25, 0.3) is 10.9 Å². The van der Waals surface area contributed by atoms with Crippen LogP contribution in [0.2, 0.25) is 0 Å². The molecule has 0 aliphatic heterocycles.